The Morgan fingerprint density at radius 2 is 2.19 bits per heavy atom. The molecule has 0 fully saturated rings. The lowest BCUT2D eigenvalue weighted by Gasteiger charge is -2.04. The number of ether oxygens (including phenoxy) is 1. The number of esters is 1. The molecular weight excluding hydrogens is 200 g/mol. The van der Waals surface area contributed by atoms with Crippen LogP contribution >= 0.6 is 0 Å². The molecular formula is C14H18O2. The Hall–Kier alpha value is -1.57. The molecule has 0 bridgehead atoms. The maximum absolute atomic E-state index is 11.3. The van der Waals surface area contributed by atoms with E-state index in [-0.39, 0.29) is 5.97 Å². The first kappa shape index (κ1) is 12.5. The van der Waals surface area contributed by atoms with Crippen LogP contribution in [0.5, 0.6) is 0 Å². The summed E-state index contributed by atoms with van der Waals surface area (Å²) < 4.78 is 5.02. The van der Waals surface area contributed by atoms with E-state index in [1.54, 1.807) is 0 Å². The highest BCUT2D eigenvalue weighted by Crippen LogP contribution is 2.07. The van der Waals surface area contributed by atoms with E-state index >= 15 is 0 Å². The van der Waals surface area contributed by atoms with E-state index in [9.17, 15) is 4.79 Å². The number of aryl methyl sites for hydroxylation is 2. The molecule has 86 valence electrons. The van der Waals surface area contributed by atoms with E-state index < -0.39 is 0 Å². The molecule has 0 aliphatic heterocycles. The fourth-order valence-corrected chi connectivity index (χ4v) is 1.39. The van der Waals surface area contributed by atoms with Gasteiger partial charge in [0.15, 0.2) is 0 Å². The number of carbonyl (C=O) groups excluding carboxylic acids is 1. The quantitative estimate of drug-likeness (QED) is 0.561. The van der Waals surface area contributed by atoms with Crippen molar-refractivity contribution in [2.24, 2.45) is 0 Å². The average molecular weight is 218 g/mol. The van der Waals surface area contributed by atoms with Gasteiger partial charge in [-0.1, -0.05) is 36.4 Å². The molecule has 1 aromatic carbocycles. The summed E-state index contributed by atoms with van der Waals surface area (Å²) in [5, 5.41) is 0. The predicted octanol–water partition coefficient (Wildman–Crippen LogP) is 3.05. The zero-order valence-electron chi connectivity index (χ0n) is 9.95. The first-order valence-electron chi connectivity index (χ1n) is 5.43. The molecule has 0 atom stereocenters. The van der Waals surface area contributed by atoms with Crippen LogP contribution in [0.4, 0.5) is 0 Å². The lowest BCUT2D eigenvalue weighted by atomic mass is 10.1. The summed E-state index contributed by atoms with van der Waals surface area (Å²) in [6, 6.07) is 8.16. The number of benzene rings is 1. The van der Waals surface area contributed by atoms with Crippen LogP contribution in [0.25, 0.3) is 0 Å². The van der Waals surface area contributed by atoms with Gasteiger partial charge in [0.1, 0.15) is 6.61 Å². The third kappa shape index (κ3) is 4.78. The van der Waals surface area contributed by atoms with Crippen LogP contribution in [0.2, 0.25) is 0 Å². The fourth-order valence-electron chi connectivity index (χ4n) is 1.39. The second-order valence-corrected chi connectivity index (χ2v) is 4.11. The van der Waals surface area contributed by atoms with Crippen LogP contribution in [0, 0.1) is 6.92 Å². The third-order valence-corrected chi connectivity index (χ3v) is 2.18. The standard InChI is InChI=1S/C14H18O2/c1-11(2)10-16-14(15)8-7-13-6-4-5-12(3)9-13/h4-6,9H,1,7-8,10H2,2-3H3. The van der Waals surface area contributed by atoms with E-state index in [2.05, 4.69) is 12.6 Å². The first-order valence-corrected chi connectivity index (χ1v) is 5.43. The molecule has 0 saturated heterocycles. The second kappa shape index (κ2) is 6.11. The molecule has 0 heterocycles. The van der Waals surface area contributed by atoms with Gasteiger partial charge in [0.25, 0.3) is 0 Å². The minimum absolute atomic E-state index is 0.162. The minimum atomic E-state index is -0.162. The number of carbonyl (C=O) groups is 1. The summed E-state index contributed by atoms with van der Waals surface area (Å²) in [7, 11) is 0. The van der Waals surface area contributed by atoms with Crippen LogP contribution in [0.15, 0.2) is 36.4 Å². The summed E-state index contributed by atoms with van der Waals surface area (Å²) in [4.78, 5) is 11.3. The molecule has 16 heavy (non-hydrogen) atoms. The summed E-state index contributed by atoms with van der Waals surface area (Å²) >= 11 is 0. The van der Waals surface area contributed by atoms with Crippen LogP contribution in [-0.4, -0.2) is 12.6 Å². The van der Waals surface area contributed by atoms with E-state index in [1.807, 2.05) is 32.0 Å². The van der Waals surface area contributed by atoms with Gasteiger partial charge in [-0.15, -0.1) is 0 Å². The predicted molar refractivity (Wildman–Crippen MR) is 65.3 cm³/mol. The molecule has 0 saturated carbocycles. The topological polar surface area (TPSA) is 26.3 Å². The van der Waals surface area contributed by atoms with Crippen LogP contribution in [-0.2, 0) is 16.0 Å². The Kier molecular flexibility index (Phi) is 4.77. The summed E-state index contributed by atoms with van der Waals surface area (Å²) in [5.41, 5.74) is 3.25. The minimum Gasteiger partial charge on any atom is -0.461 e. The van der Waals surface area contributed by atoms with Gasteiger partial charge in [-0.25, -0.2) is 0 Å². The highest BCUT2D eigenvalue weighted by molar-refractivity contribution is 5.69. The van der Waals surface area contributed by atoms with Gasteiger partial charge in [0.2, 0.25) is 0 Å². The van der Waals surface area contributed by atoms with Gasteiger partial charge in [-0.05, 0) is 31.4 Å². The van der Waals surface area contributed by atoms with E-state index in [4.69, 9.17) is 4.74 Å². The van der Waals surface area contributed by atoms with Crippen molar-refractivity contribution in [3.63, 3.8) is 0 Å². The van der Waals surface area contributed by atoms with Crippen molar-refractivity contribution >= 4 is 5.97 Å². The Balaban J connectivity index is 2.34. The molecule has 0 aliphatic rings. The lowest BCUT2D eigenvalue weighted by molar-refractivity contribution is -0.142. The van der Waals surface area contributed by atoms with Crippen LogP contribution in [0.3, 0.4) is 0 Å². The normalized spacial score (nSPS) is 9.88. The molecule has 2 heteroatoms. The summed E-state index contributed by atoms with van der Waals surface area (Å²) in [6.45, 7) is 7.89. The molecule has 2 nitrogen and oxygen atoms in total. The van der Waals surface area contributed by atoms with Crippen LogP contribution < -0.4 is 0 Å². The average Bonchev–Trinajstić information content (AvgIpc) is 2.23. The third-order valence-electron chi connectivity index (χ3n) is 2.18. The van der Waals surface area contributed by atoms with Gasteiger partial charge in [0.05, 0.1) is 0 Å². The zero-order valence-corrected chi connectivity index (χ0v) is 9.95. The van der Waals surface area contributed by atoms with Crippen LogP contribution in [0.1, 0.15) is 24.5 Å². The largest absolute Gasteiger partial charge is 0.461 e. The molecule has 0 aromatic heterocycles. The molecule has 0 radical (unpaired) electrons. The van der Waals surface area contributed by atoms with E-state index in [0.717, 1.165) is 12.0 Å². The number of hydrogen-bond donors (Lipinski definition) is 0. The Morgan fingerprint density at radius 3 is 2.81 bits per heavy atom. The maximum Gasteiger partial charge on any atom is 0.306 e. The fraction of sp³-hybridized carbons (Fsp3) is 0.357. The smallest absolute Gasteiger partial charge is 0.306 e. The van der Waals surface area contributed by atoms with Crippen molar-refractivity contribution in [3.05, 3.63) is 47.5 Å². The van der Waals surface area contributed by atoms with Crippen molar-refractivity contribution in [2.75, 3.05) is 6.61 Å². The molecule has 0 unspecified atom stereocenters. The Morgan fingerprint density at radius 1 is 1.44 bits per heavy atom. The molecule has 0 aliphatic carbocycles. The van der Waals surface area contributed by atoms with Gasteiger partial charge >= 0.3 is 5.97 Å². The van der Waals surface area contributed by atoms with Gasteiger partial charge in [0, 0.05) is 6.42 Å². The summed E-state index contributed by atoms with van der Waals surface area (Å²) in [6.07, 6.45) is 1.16. The molecule has 0 N–H and O–H groups in total. The molecule has 1 rings (SSSR count). The number of rotatable bonds is 5. The maximum atomic E-state index is 11.3. The van der Waals surface area contributed by atoms with Gasteiger partial charge < -0.3 is 4.74 Å². The first-order chi connectivity index (χ1) is 7.58. The number of hydrogen-bond acceptors (Lipinski definition) is 2. The van der Waals surface area contributed by atoms with Crippen molar-refractivity contribution < 1.29 is 9.53 Å². The summed E-state index contributed by atoms with van der Waals surface area (Å²) in [5.74, 6) is -0.162. The van der Waals surface area contributed by atoms with Crippen molar-refractivity contribution in [1.29, 1.82) is 0 Å². The monoisotopic (exact) mass is 218 g/mol. The van der Waals surface area contributed by atoms with Crippen molar-refractivity contribution in [2.45, 2.75) is 26.7 Å². The van der Waals surface area contributed by atoms with Crippen molar-refractivity contribution in [1.82, 2.24) is 0 Å². The SMILES string of the molecule is C=C(C)COC(=O)CCc1cccc(C)c1. The second-order valence-electron chi connectivity index (χ2n) is 4.11. The molecule has 0 spiro atoms. The zero-order chi connectivity index (χ0) is 12.0. The Bertz CT molecular complexity index is 380. The van der Waals surface area contributed by atoms with Crippen molar-refractivity contribution in [3.8, 4) is 0 Å². The molecule has 0 amide bonds. The molecule has 1 aromatic rings. The van der Waals surface area contributed by atoms with E-state index in [1.165, 1.54) is 11.1 Å². The van der Waals surface area contributed by atoms with Gasteiger partial charge in [-0.2, -0.15) is 0 Å². The lowest BCUT2D eigenvalue weighted by Crippen LogP contribution is -2.07. The van der Waals surface area contributed by atoms with Gasteiger partial charge in [-0.3, -0.25) is 4.79 Å². The van der Waals surface area contributed by atoms with E-state index in [0.29, 0.717) is 13.0 Å². The Labute approximate surface area is 96.9 Å². The highest BCUT2D eigenvalue weighted by Gasteiger charge is 2.03. The highest BCUT2D eigenvalue weighted by atomic mass is 16.5.